The molecule has 0 heterocycles. The summed E-state index contributed by atoms with van der Waals surface area (Å²) in [4.78, 5) is 0. The van der Waals surface area contributed by atoms with Crippen molar-refractivity contribution in [3.63, 3.8) is 0 Å². The third kappa shape index (κ3) is 6.11. The molecule has 2 atom stereocenters. The molecule has 0 bridgehead atoms. The van der Waals surface area contributed by atoms with Gasteiger partial charge in [0, 0.05) is 0 Å². The van der Waals surface area contributed by atoms with Crippen molar-refractivity contribution in [2.45, 2.75) is 111 Å². The summed E-state index contributed by atoms with van der Waals surface area (Å²) in [6, 6.07) is 0. The Morgan fingerprint density at radius 1 is 0.667 bits per heavy atom. The fourth-order valence-electron chi connectivity index (χ4n) is 6.89. The molecule has 0 saturated heterocycles. The first-order chi connectivity index (χ1) is 13.1. The zero-order chi connectivity index (χ0) is 19.2. The van der Waals surface area contributed by atoms with Crippen LogP contribution in [-0.2, 0) is 0 Å². The Hall–Kier alpha value is -0.260. The number of allylic oxidation sites excluding steroid dienone is 1. The topological polar surface area (TPSA) is 0 Å². The first kappa shape index (κ1) is 21.4. The van der Waals surface area contributed by atoms with E-state index in [2.05, 4.69) is 33.4 Å². The van der Waals surface area contributed by atoms with Crippen LogP contribution in [0.25, 0.3) is 0 Å². The Morgan fingerprint density at radius 2 is 1.11 bits per heavy atom. The lowest BCUT2D eigenvalue weighted by Crippen LogP contribution is -2.27. The quantitative estimate of drug-likeness (QED) is 0.392. The summed E-state index contributed by atoms with van der Waals surface area (Å²) in [6.45, 7) is 11.7. The average molecular weight is 373 g/mol. The van der Waals surface area contributed by atoms with Crippen molar-refractivity contribution in [1.82, 2.24) is 0 Å². The van der Waals surface area contributed by atoms with E-state index in [1.807, 2.05) is 0 Å². The average Bonchev–Trinajstić information content (AvgIpc) is 2.70. The van der Waals surface area contributed by atoms with Crippen molar-refractivity contribution in [3.8, 4) is 0 Å². The van der Waals surface area contributed by atoms with Crippen molar-refractivity contribution in [3.05, 3.63) is 12.7 Å². The highest BCUT2D eigenvalue weighted by Gasteiger charge is 2.32. The van der Waals surface area contributed by atoms with Crippen molar-refractivity contribution in [2.24, 2.45) is 47.3 Å². The minimum Gasteiger partial charge on any atom is -0.103 e. The van der Waals surface area contributed by atoms with Gasteiger partial charge in [-0.25, -0.2) is 0 Å². The van der Waals surface area contributed by atoms with Crippen LogP contribution in [0.15, 0.2) is 12.7 Å². The summed E-state index contributed by atoms with van der Waals surface area (Å²) in [5.41, 5.74) is 0. The van der Waals surface area contributed by atoms with Crippen LogP contribution in [0.3, 0.4) is 0 Å². The summed E-state index contributed by atoms with van der Waals surface area (Å²) in [6.07, 6.45) is 23.2. The van der Waals surface area contributed by atoms with Crippen LogP contribution in [0.4, 0.5) is 0 Å². The van der Waals surface area contributed by atoms with Crippen LogP contribution in [-0.4, -0.2) is 0 Å². The summed E-state index contributed by atoms with van der Waals surface area (Å²) < 4.78 is 0. The predicted octanol–water partition coefficient (Wildman–Crippen LogP) is 8.66. The maximum absolute atomic E-state index is 4.21. The summed E-state index contributed by atoms with van der Waals surface area (Å²) in [5.74, 6) is 7.80. The maximum Gasteiger partial charge on any atom is -0.0208 e. The number of hydrogen-bond acceptors (Lipinski definition) is 0. The van der Waals surface area contributed by atoms with Crippen LogP contribution in [0.1, 0.15) is 111 Å². The van der Waals surface area contributed by atoms with Crippen molar-refractivity contribution >= 4 is 0 Å². The van der Waals surface area contributed by atoms with Gasteiger partial charge in [0.2, 0.25) is 0 Å². The molecule has 0 heteroatoms. The molecule has 2 unspecified atom stereocenters. The molecule has 3 aliphatic carbocycles. The van der Waals surface area contributed by atoms with Crippen molar-refractivity contribution in [1.29, 1.82) is 0 Å². The minimum absolute atomic E-state index is 0.792. The lowest BCUT2D eigenvalue weighted by molar-refractivity contribution is 0.126. The third-order valence-electron chi connectivity index (χ3n) is 9.27. The Bertz CT molecular complexity index is 413. The molecule has 27 heavy (non-hydrogen) atoms. The molecule has 0 spiro atoms. The zero-order valence-electron chi connectivity index (χ0n) is 18.8. The van der Waals surface area contributed by atoms with Gasteiger partial charge >= 0.3 is 0 Å². The molecule has 0 N–H and O–H groups in total. The van der Waals surface area contributed by atoms with Gasteiger partial charge in [-0.1, -0.05) is 52.5 Å². The van der Waals surface area contributed by atoms with Gasteiger partial charge in [-0.05, 0) is 112 Å². The van der Waals surface area contributed by atoms with E-state index in [1.54, 1.807) is 12.8 Å². The van der Waals surface area contributed by atoms with E-state index in [0.717, 1.165) is 47.3 Å². The van der Waals surface area contributed by atoms with Crippen LogP contribution in [0.5, 0.6) is 0 Å². The highest BCUT2D eigenvalue weighted by atomic mass is 14.4. The molecular formula is C27H48. The molecule has 3 aliphatic rings. The first-order valence-electron chi connectivity index (χ1n) is 12.7. The monoisotopic (exact) mass is 372 g/mol. The van der Waals surface area contributed by atoms with Gasteiger partial charge in [0.05, 0.1) is 0 Å². The number of rotatable bonds is 7. The van der Waals surface area contributed by atoms with Gasteiger partial charge < -0.3 is 0 Å². The highest BCUT2D eigenvalue weighted by Crippen LogP contribution is 2.44. The van der Waals surface area contributed by atoms with E-state index in [-0.39, 0.29) is 0 Å². The van der Waals surface area contributed by atoms with Crippen LogP contribution < -0.4 is 0 Å². The second kappa shape index (κ2) is 10.5. The summed E-state index contributed by atoms with van der Waals surface area (Å²) in [7, 11) is 0. The summed E-state index contributed by atoms with van der Waals surface area (Å²) in [5, 5.41) is 0. The predicted molar refractivity (Wildman–Crippen MR) is 120 cm³/mol. The molecule has 0 amide bonds. The lowest BCUT2D eigenvalue weighted by Gasteiger charge is -2.39. The van der Waals surface area contributed by atoms with Crippen LogP contribution in [0, 0.1) is 47.3 Å². The van der Waals surface area contributed by atoms with Gasteiger partial charge in [-0.15, -0.1) is 6.58 Å². The summed E-state index contributed by atoms with van der Waals surface area (Å²) >= 11 is 0. The molecule has 156 valence electrons. The minimum atomic E-state index is 0.792. The van der Waals surface area contributed by atoms with E-state index >= 15 is 0 Å². The fourth-order valence-corrected chi connectivity index (χ4v) is 6.89. The SMILES string of the molecule is C=CC(CCC(C)C1CCC(C2CCC(C)CC2)CC1)C1CCC(C)CC1. The van der Waals surface area contributed by atoms with E-state index in [1.165, 1.54) is 77.0 Å². The molecule has 3 rings (SSSR count). The van der Waals surface area contributed by atoms with Gasteiger partial charge in [-0.2, -0.15) is 0 Å². The zero-order valence-corrected chi connectivity index (χ0v) is 18.8. The molecule has 0 aromatic rings. The van der Waals surface area contributed by atoms with Gasteiger partial charge in [-0.3, -0.25) is 0 Å². The second-order valence-corrected chi connectivity index (χ2v) is 11.2. The van der Waals surface area contributed by atoms with E-state index in [9.17, 15) is 0 Å². The molecule has 0 radical (unpaired) electrons. The standard InChI is InChI=1S/C27H48/c1-5-23(25-11-6-20(2)7-12-25)15-10-22(4)24-16-18-27(19-17-24)26-13-8-21(3)9-14-26/h5,20-27H,1,6-19H2,2-4H3. The Balaban J connectivity index is 1.37. The Morgan fingerprint density at radius 3 is 1.63 bits per heavy atom. The molecule has 0 aromatic carbocycles. The second-order valence-electron chi connectivity index (χ2n) is 11.2. The highest BCUT2D eigenvalue weighted by molar-refractivity contribution is 4.88. The van der Waals surface area contributed by atoms with E-state index < -0.39 is 0 Å². The van der Waals surface area contributed by atoms with E-state index in [4.69, 9.17) is 0 Å². The van der Waals surface area contributed by atoms with Gasteiger partial charge in [0.15, 0.2) is 0 Å². The lowest BCUT2D eigenvalue weighted by atomic mass is 9.67. The van der Waals surface area contributed by atoms with Crippen molar-refractivity contribution < 1.29 is 0 Å². The van der Waals surface area contributed by atoms with Crippen LogP contribution >= 0.6 is 0 Å². The molecule has 3 fully saturated rings. The maximum atomic E-state index is 4.21. The van der Waals surface area contributed by atoms with Crippen LogP contribution in [0.2, 0.25) is 0 Å². The fraction of sp³-hybridized carbons (Fsp3) is 0.926. The molecular weight excluding hydrogens is 324 g/mol. The third-order valence-corrected chi connectivity index (χ3v) is 9.27. The Labute approximate surface area is 171 Å². The molecule has 0 nitrogen and oxygen atoms in total. The Kier molecular flexibility index (Phi) is 8.34. The molecule has 0 aliphatic heterocycles. The van der Waals surface area contributed by atoms with E-state index in [0.29, 0.717) is 0 Å². The number of hydrogen-bond donors (Lipinski definition) is 0. The molecule has 3 saturated carbocycles. The van der Waals surface area contributed by atoms with Crippen molar-refractivity contribution in [2.75, 3.05) is 0 Å². The normalized spacial score (nSPS) is 40.3. The first-order valence-corrected chi connectivity index (χ1v) is 12.7. The molecule has 0 aromatic heterocycles. The largest absolute Gasteiger partial charge is 0.103 e. The van der Waals surface area contributed by atoms with Gasteiger partial charge in [0.25, 0.3) is 0 Å². The smallest absolute Gasteiger partial charge is 0.0208 e. The van der Waals surface area contributed by atoms with Gasteiger partial charge in [0.1, 0.15) is 0 Å².